The van der Waals surface area contributed by atoms with Crippen LogP contribution >= 0.6 is 0 Å². The summed E-state index contributed by atoms with van der Waals surface area (Å²) in [6.45, 7) is 0. The molecule has 2 aliphatic carbocycles. The van der Waals surface area contributed by atoms with Gasteiger partial charge in [-0.05, 0) is 55.6 Å². The predicted molar refractivity (Wildman–Crippen MR) is 87.9 cm³/mol. The molecule has 2 N–H and O–H groups in total. The van der Waals surface area contributed by atoms with Crippen molar-refractivity contribution in [3.63, 3.8) is 0 Å². The molecule has 1 atom stereocenters. The minimum Gasteiger partial charge on any atom is -0.324 e. The van der Waals surface area contributed by atoms with Gasteiger partial charge in [-0.15, -0.1) is 0 Å². The number of alkyl halides is 2. The van der Waals surface area contributed by atoms with Gasteiger partial charge in [-0.1, -0.05) is 6.42 Å². The topological polar surface area (TPSA) is 56.2 Å². The Morgan fingerprint density at radius 3 is 2.67 bits per heavy atom. The largest absolute Gasteiger partial charge is 0.324 e. The Labute approximate surface area is 140 Å². The molecule has 2 aromatic heterocycles. The molecule has 2 fully saturated rings. The first-order valence-corrected chi connectivity index (χ1v) is 8.98. The summed E-state index contributed by atoms with van der Waals surface area (Å²) in [5, 5.41) is 4.43. The van der Waals surface area contributed by atoms with E-state index >= 15 is 0 Å². The van der Waals surface area contributed by atoms with Crippen LogP contribution in [0.25, 0.3) is 5.65 Å². The summed E-state index contributed by atoms with van der Waals surface area (Å²) in [6, 6.07) is 2.06. The molecule has 2 aliphatic rings. The lowest BCUT2D eigenvalue weighted by atomic mass is 9.78. The second-order valence-electron chi connectivity index (χ2n) is 7.54. The van der Waals surface area contributed by atoms with E-state index in [1.807, 2.05) is 18.5 Å². The quantitative estimate of drug-likeness (QED) is 0.922. The number of aromatic nitrogens is 3. The Balaban J connectivity index is 1.47. The van der Waals surface area contributed by atoms with Crippen molar-refractivity contribution in [3.8, 4) is 0 Å². The fraction of sp³-hybridized carbons (Fsp3) is 0.667. The molecule has 2 aromatic rings. The number of hydrogen-bond donors (Lipinski definition) is 1. The molecule has 1 unspecified atom stereocenters. The maximum absolute atomic E-state index is 13.3. The van der Waals surface area contributed by atoms with Crippen LogP contribution in [-0.4, -0.2) is 20.5 Å². The number of fused-ring (bicyclic) bond motifs is 1. The molecule has 0 spiro atoms. The first-order chi connectivity index (χ1) is 11.5. The maximum Gasteiger partial charge on any atom is 0.248 e. The summed E-state index contributed by atoms with van der Waals surface area (Å²) in [6.07, 6.45) is 9.32. The van der Waals surface area contributed by atoms with E-state index in [4.69, 9.17) is 5.73 Å². The molecule has 0 radical (unpaired) electrons. The molecule has 0 amide bonds. The number of hydrogen-bond acceptors (Lipinski definition) is 3. The molecule has 2 heterocycles. The summed E-state index contributed by atoms with van der Waals surface area (Å²) in [7, 11) is 0. The Kier molecular flexibility index (Phi) is 4.03. The van der Waals surface area contributed by atoms with E-state index in [1.54, 1.807) is 4.52 Å². The molecule has 6 heteroatoms. The minimum absolute atomic E-state index is 0.00365. The third-order valence-corrected chi connectivity index (χ3v) is 5.77. The van der Waals surface area contributed by atoms with Crippen LogP contribution in [-0.2, 0) is 6.42 Å². The molecule has 24 heavy (non-hydrogen) atoms. The Morgan fingerprint density at radius 1 is 1.25 bits per heavy atom. The average Bonchev–Trinajstić information content (AvgIpc) is 2.89. The summed E-state index contributed by atoms with van der Waals surface area (Å²) < 4.78 is 28.3. The molecule has 0 aliphatic heterocycles. The molecule has 4 nitrogen and oxygen atoms in total. The number of nitrogens with two attached hydrogens (primary N) is 1. The van der Waals surface area contributed by atoms with Crippen LogP contribution in [0.2, 0.25) is 0 Å². The van der Waals surface area contributed by atoms with Crippen LogP contribution in [0.4, 0.5) is 8.78 Å². The van der Waals surface area contributed by atoms with E-state index in [1.165, 1.54) is 19.3 Å². The van der Waals surface area contributed by atoms with Gasteiger partial charge in [0.15, 0.2) is 5.65 Å². The Bertz CT molecular complexity index is 713. The smallest absolute Gasteiger partial charge is 0.248 e. The fourth-order valence-electron chi connectivity index (χ4n) is 3.89. The van der Waals surface area contributed by atoms with Gasteiger partial charge in [0.25, 0.3) is 0 Å². The van der Waals surface area contributed by atoms with E-state index in [2.05, 4.69) is 10.1 Å². The second kappa shape index (κ2) is 6.06. The van der Waals surface area contributed by atoms with Crippen LogP contribution < -0.4 is 5.73 Å². The first-order valence-electron chi connectivity index (χ1n) is 8.98. The highest BCUT2D eigenvalue weighted by Gasteiger charge is 2.35. The van der Waals surface area contributed by atoms with Gasteiger partial charge in [0.1, 0.15) is 0 Å². The van der Waals surface area contributed by atoms with E-state index in [0.29, 0.717) is 24.7 Å². The van der Waals surface area contributed by atoms with Crippen LogP contribution in [0.1, 0.15) is 62.2 Å². The van der Waals surface area contributed by atoms with Crippen molar-refractivity contribution in [2.24, 2.45) is 17.6 Å². The Hall–Kier alpha value is -1.56. The molecule has 4 rings (SSSR count). The molecular formula is C18H24F2N4. The normalized spacial score (nSPS) is 23.3. The van der Waals surface area contributed by atoms with Gasteiger partial charge in [-0.2, -0.15) is 5.10 Å². The summed E-state index contributed by atoms with van der Waals surface area (Å²) in [4.78, 5) is 4.65. The van der Waals surface area contributed by atoms with E-state index in [0.717, 1.165) is 23.3 Å². The summed E-state index contributed by atoms with van der Waals surface area (Å²) in [5.41, 5.74) is 9.11. The minimum atomic E-state index is -2.47. The highest BCUT2D eigenvalue weighted by atomic mass is 19.3. The van der Waals surface area contributed by atoms with Gasteiger partial charge in [-0.3, -0.25) is 0 Å². The zero-order valence-corrected chi connectivity index (χ0v) is 13.8. The van der Waals surface area contributed by atoms with Crippen LogP contribution in [0.5, 0.6) is 0 Å². The third kappa shape index (κ3) is 3.16. The standard InChI is InChI=1S/C18H24F2N4/c19-18(20)6-4-12(5-7-18)8-15-11-24-16(23-15)9-14(10-22-24)17(21)13-2-1-3-13/h9-13,17H,1-8,21H2. The fourth-order valence-corrected chi connectivity index (χ4v) is 3.89. The highest BCUT2D eigenvalue weighted by Crippen LogP contribution is 2.38. The average molecular weight is 334 g/mol. The number of imidazole rings is 1. The third-order valence-electron chi connectivity index (χ3n) is 5.77. The van der Waals surface area contributed by atoms with Gasteiger partial charge >= 0.3 is 0 Å². The molecule has 2 saturated carbocycles. The van der Waals surface area contributed by atoms with Crippen LogP contribution in [0.3, 0.4) is 0 Å². The zero-order chi connectivity index (χ0) is 16.7. The van der Waals surface area contributed by atoms with Crippen molar-refractivity contribution in [2.75, 3.05) is 0 Å². The van der Waals surface area contributed by atoms with Crippen molar-refractivity contribution in [1.29, 1.82) is 0 Å². The van der Waals surface area contributed by atoms with Gasteiger partial charge < -0.3 is 5.73 Å². The first kappa shape index (κ1) is 15.9. The Morgan fingerprint density at radius 2 is 2.00 bits per heavy atom. The van der Waals surface area contributed by atoms with Gasteiger partial charge in [0.2, 0.25) is 5.92 Å². The van der Waals surface area contributed by atoms with E-state index in [9.17, 15) is 8.78 Å². The van der Waals surface area contributed by atoms with Crippen LogP contribution in [0.15, 0.2) is 18.5 Å². The monoisotopic (exact) mass is 334 g/mol. The SMILES string of the molecule is NC(c1cnn2cc(CC3CCC(F)(F)CC3)nc2c1)C1CCC1. The lowest BCUT2D eigenvalue weighted by molar-refractivity contribution is -0.0457. The van der Waals surface area contributed by atoms with E-state index in [-0.39, 0.29) is 18.9 Å². The predicted octanol–water partition coefficient (Wildman–Crippen LogP) is 3.90. The van der Waals surface area contributed by atoms with Crippen molar-refractivity contribution < 1.29 is 8.78 Å². The maximum atomic E-state index is 13.3. The van der Waals surface area contributed by atoms with Gasteiger partial charge in [0.05, 0.1) is 18.1 Å². The highest BCUT2D eigenvalue weighted by molar-refractivity contribution is 5.42. The van der Waals surface area contributed by atoms with Crippen molar-refractivity contribution >= 4 is 5.65 Å². The summed E-state index contributed by atoms with van der Waals surface area (Å²) in [5.74, 6) is -1.61. The molecule has 0 aromatic carbocycles. The zero-order valence-electron chi connectivity index (χ0n) is 13.8. The molecule has 0 bridgehead atoms. The lowest BCUT2D eigenvalue weighted by Crippen LogP contribution is -2.27. The van der Waals surface area contributed by atoms with Crippen LogP contribution in [0, 0.1) is 11.8 Å². The summed E-state index contributed by atoms with van der Waals surface area (Å²) >= 11 is 0. The molecule has 0 saturated heterocycles. The van der Waals surface area contributed by atoms with Crippen molar-refractivity contribution in [1.82, 2.24) is 14.6 Å². The molecular weight excluding hydrogens is 310 g/mol. The van der Waals surface area contributed by atoms with E-state index < -0.39 is 5.92 Å². The van der Waals surface area contributed by atoms with Crippen molar-refractivity contribution in [2.45, 2.75) is 63.3 Å². The number of rotatable bonds is 4. The molecule has 130 valence electrons. The van der Waals surface area contributed by atoms with Gasteiger partial charge in [0, 0.05) is 18.9 Å². The van der Waals surface area contributed by atoms with Crippen molar-refractivity contribution in [3.05, 3.63) is 29.7 Å². The number of nitrogens with zero attached hydrogens (tertiary/aromatic N) is 3. The lowest BCUT2D eigenvalue weighted by Gasteiger charge is -2.31. The number of halogens is 2. The second-order valence-corrected chi connectivity index (χ2v) is 7.54. The van der Waals surface area contributed by atoms with Gasteiger partial charge in [-0.25, -0.2) is 18.3 Å².